The fourth-order valence-corrected chi connectivity index (χ4v) is 3.24. The van der Waals surface area contributed by atoms with Gasteiger partial charge in [-0.05, 0) is 39.0 Å². The highest BCUT2D eigenvalue weighted by atomic mass is 16.5. The number of methoxy groups -OCH3 is 1. The maximum Gasteiger partial charge on any atom is 0.0638 e. The highest BCUT2D eigenvalue weighted by Crippen LogP contribution is 2.29. The molecule has 1 atom stereocenters. The first-order valence-electron chi connectivity index (χ1n) is 7.90. The van der Waals surface area contributed by atoms with E-state index in [1.165, 1.54) is 25.7 Å². The number of ether oxygens (including phenoxy) is 1. The van der Waals surface area contributed by atoms with Crippen LogP contribution >= 0.6 is 0 Å². The highest BCUT2D eigenvalue weighted by Gasteiger charge is 2.32. The van der Waals surface area contributed by atoms with E-state index in [0.717, 1.165) is 25.6 Å². The Morgan fingerprint density at radius 1 is 1.26 bits per heavy atom. The van der Waals surface area contributed by atoms with Gasteiger partial charge in [-0.15, -0.1) is 0 Å². The predicted molar refractivity (Wildman–Crippen MR) is 82.3 cm³/mol. The minimum absolute atomic E-state index is 0.0854. The zero-order chi connectivity index (χ0) is 14.5. The minimum atomic E-state index is -0.0854. The number of nitrogens with zero attached hydrogens (tertiary/aromatic N) is 1. The Morgan fingerprint density at radius 3 is 2.26 bits per heavy atom. The Kier molecular flexibility index (Phi) is 6.78. The third kappa shape index (κ3) is 5.41. The average Bonchev–Trinajstić information content (AvgIpc) is 2.87. The fourth-order valence-electron chi connectivity index (χ4n) is 3.24. The number of hydrogen-bond acceptors (Lipinski definition) is 3. The van der Waals surface area contributed by atoms with E-state index < -0.39 is 0 Å². The maximum atomic E-state index is 6.08. The molecule has 0 spiro atoms. The van der Waals surface area contributed by atoms with Gasteiger partial charge in [0.1, 0.15) is 0 Å². The Morgan fingerprint density at radius 2 is 1.84 bits per heavy atom. The second-order valence-electron chi connectivity index (χ2n) is 7.09. The molecule has 1 fully saturated rings. The van der Waals surface area contributed by atoms with Crippen molar-refractivity contribution in [2.45, 2.75) is 77.5 Å². The van der Waals surface area contributed by atoms with Crippen molar-refractivity contribution >= 4 is 0 Å². The van der Waals surface area contributed by atoms with Crippen molar-refractivity contribution in [1.82, 2.24) is 4.90 Å². The maximum absolute atomic E-state index is 6.08. The van der Waals surface area contributed by atoms with Crippen LogP contribution in [0.3, 0.4) is 0 Å². The summed E-state index contributed by atoms with van der Waals surface area (Å²) in [5, 5.41) is 0. The van der Waals surface area contributed by atoms with E-state index >= 15 is 0 Å². The molecule has 1 unspecified atom stereocenters. The van der Waals surface area contributed by atoms with Gasteiger partial charge in [0.2, 0.25) is 0 Å². The third-order valence-corrected chi connectivity index (χ3v) is 4.39. The normalized spacial score (nSPS) is 19.6. The highest BCUT2D eigenvalue weighted by molar-refractivity contribution is 4.87. The van der Waals surface area contributed by atoms with Crippen molar-refractivity contribution < 1.29 is 4.74 Å². The average molecular weight is 270 g/mol. The Labute approximate surface area is 119 Å². The molecule has 0 radical (unpaired) electrons. The topological polar surface area (TPSA) is 38.5 Å². The van der Waals surface area contributed by atoms with Gasteiger partial charge in [0.25, 0.3) is 0 Å². The standard InChI is InChI=1S/C16H34N2O/c1-13(2)12-18(14-8-6-7-9-14)15(11-17)10-16(3,4)19-5/h13-15H,6-12,17H2,1-5H3. The first-order valence-corrected chi connectivity index (χ1v) is 7.90. The van der Waals surface area contributed by atoms with Gasteiger partial charge in [-0.25, -0.2) is 0 Å². The molecule has 3 heteroatoms. The number of nitrogens with two attached hydrogens (primary N) is 1. The van der Waals surface area contributed by atoms with Crippen LogP contribution in [0.15, 0.2) is 0 Å². The van der Waals surface area contributed by atoms with Crippen molar-refractivity contribution in [1.29, 1.82) is 0 Å². The monoisotopic (exact) mass is 270 g/mol. The van der Waals surface area contributed by atoms with Crippen LogP contribution in [0, 0.1) is 5.92 Å². The smallest absolute Gasteiger partial charge is 0.0638 e. The first kappa shape index (κ1) is 16.9. The molecule has 2 N–H and O–H groups in total. The zero-order valence-corrected chi connectivity index (χ0v) is 13.6. The lowest BCUT2D eigenvalue weighted by Crippen LogP contribution is -2.50. The molecule has 0 aliphatic heterocycles. The van der Waals surface area contributed by atoms with Gasteiger partial charge < -0.3 is 10.5 Å². The fraction of sp³-hybridized carbons (Fsp3) is 1.00. The van der Waals surface area contributed by atoms with E-state index in [2.05, 4.69) is 32.6 Å². The predicted octanol–water partition coefficient (Wildman–Crippen LogP) is 3.03. The quantitative estimate of drug-likeness (QED) is 0.737. The van der Waals surface area contributed by atoms with E-state index in [-0.39, 0.29) is 5.60 Å². The van der Waals surface area contributed by atoms with Gasteiger partial charge in [0.05, 0.1) is 5.60 Å². The molecule has 3 nitrogen and oxygen atoms in total. The molecule has 1 saturated carbocycles. The van der Waals surface area contributed by atoms with Crippen LogP contribution in [0.1, 0.15) is 59.8 Å². The van der Waals surface area contributed by atoms with E-state index in [1.54, 1.807) is 7.11 Å². The largest absolute Gasteiger partial charge is 0.379 e. The molecular formula is C16H34N2O. The van der Waals surface area contributed by atoms with Crippen molar-refractivity contribution in [2.24, 2.45) is 11.7 Å². The van der Waals surface area contributed by atoms with Crippen LogP contribution in [0.4, 0.5) is 0 Å². The molecule has 0 aromatic rings. The van der Waals surface area contributed by atoms with Gasteiger partial charge in [0, 0.05) is 32.3 Å². The molecule has 19 heavy (non-hydrogen) atoms. The van der Waals surface area contributed by atoms with Gasteiger partial charge in [-0.1, -0.05) is 26.7 Å². The lowest BCUT2D eigenvalue weighted by molar-refractivity contribution is -0.0160. The second-order valence-corrected chi connectivity index (χ2v) is 7.09. The van der Waals surface area contributed by atoms with E-state index in [9.17, 15) is 0 Å². The molecule has 0 aromatic heterocycles. The van der Waals surface area contributed by atoms with E-state index in [1.807, 2.05) is 0 Å². The Bertz CT molecular complexity index is 247. The summed E-state index contributed by atoms with van der Waals surface area (Å²) < 4.78 is 5.61. The van der Waals surface area contributed by atoms with Crippen molar-refractivity contribution in [3.8, 4) is 0 Å². The Balaban J connectivity index is 2.73. The summed E-state index contributed by atoms with van der Waals surface area (Å²) in [6.07, 6.45) is 6.46. The summed E-state index contributed by atoms with van der Waals surface area (Å²) in [6.45, 7) is 10.8. The van der Waals surface area contributed by atoms with Gasteiger partial charge in [0.15, 0.2) is 0 Å². The van der Waals surface area contributed by atoms with E-state index in [0.29, 0.717) is 12.0 Å². The lowest BCUT2D eigenvalue weighted by Gasteiger charge is -2.40. The summed E-state index contributed by atoms with van der Waals surface area (Å²) in [4.78, 5) is 2.68. The summed E-state index contributed by atoms with van der Waals surface area (Å²) in [5.74, 6) is 0.695. The van der Waals surface area contributed by atoms with Crippen LogP contribution in [0.2, 0.25) is 0 Å². The molecule has 0 bridgehead atoms. The SMILES string of the molecule is COC(C)(C)CC(CN)N(CC(C)C)C1CCCC1. The van der Waals surface area contributed by atoms with Crippen LogP contribution < -0.4 is 5.73 Å². The summed E-state index contributed by atoms with van der Waals surface area (Å²) in [7, 11) is 1.80. The number of hydrogen-bond donors (Lipinski definition) is 1. The molecule has 114 valence electrons. The van der Waals surface area contributed by atoms with Gasteiger partial charge >= 0.3 is 0 Å². The molecule has 1 rings (SSSR count). The van der Waals surface area contributed by atoms with Crippen molar-refractivity contribution in [3.63, 3.8) is 0 Å². The van der Waals surface area contributed by atoms with Crippen LogP contribution in [-0.4, -0.2) is 42.8 Å². The lowest BCUT2D eigenvalue weighted by atomic mass is 9.95. The van der Waals surface area contributed by atoms with Crippen LogP contribution in [0.5, 0.6) is 0 Å². The van der Waals surface area contributed by atoms with Crippen molar-refractivity contribution in [3.05, 3.63) is 0 Å². The van der Waals surface area contributed by atoms with Crippen molar-refractivity contribution in [2.75, 3.05) is 20.2 Å². The van der Waals surface area contributed by atoms with Crippen LogP contribution in [-0.2, 0) is 4.74 Å². The van der Waals surface area contributed by atoms with Crippen LogP contribution in [0.25, 0.3) is 0 Å². The summed E-state index contributed by atoms with van der Waals surface area (Å²) in [5.41, 5.74) is 6.00. The molecular weight excluding hydrogens is 236 g/mol. The number of rotatable bonds is 8. The molecule has 1 aliphatic rings. The molecule has 0 amide bonds. The van der Waals surface area contributed by atoms with E-state index in [4.69, 9.17) is 10.5 Å². The summed E-state index contributed by atoms with van der Waals surface area (Å²) in [6, 6.07) is 1.18. The molecule has 0 heterocycles. The first-order chi connectivity index (χ1) is 8.89. The zero-order valence-electron chi connectivity index (χ0n) is 13.6. The molecule has 0 aromatic carbocycles. The van der Waals surface area contributed by atoms with Gasteiger partial charge in [-0.3, -0.25) is 4.90 Å². The molecule has 1 aliphatic carbocycles. The second kappa shape index (κ2) is 7.61. The molecule has 0 saturated heterocycles. The summed E-state index contributed by atoms with van der Waals surface area (Å²) >= 11 is 0. The third-order valence-electron chi connectivity index (χ3n) is 4.39. The van der Waals surface area contributed by atoms with Gasteiger partial charge in [-0.2, -0.15) is 0 Å². The minimum Gasteiger partial charge on any atom is -0.379 e. The Hall–Kier alpha value is -0.120.